The molecule has 0 aliphatic carbocycles. The van der Waals surface area contributed by atoms with Gasteiger partial charge in [0.1, 0.15) is 0 Å². The van der Waals surface area contributed by atoms with Crippen molar-refractivity contribution in [3.8, 4) is 22.8 Å². The van der Waals surface area contributed by atoms with Crippen LogP contribution in [-0.4, -0.2) is 15.0 Å². The van der Waals surface area contributed by atoms with Gasteiger partial charge in [-0.15, -0.1) is 0 Å². The van der Waals surface area contributed by atoms with Gasteiger partial charge in [-0.1, -0.05) is 72.8 Å². The highest BCUT2D eigenvalue weighted by Crippen LogP contribution is 2.33. The number of aromatic nitrogens is 3. The zero-order chi connectivity index (χ0) is 19.9. The van der Waals surface area contributed by atoms with E-state index in [1.165, 1.54) is 0 Å². The monoisotopic (exact) mass is 383 g/mol. The van der Waals surface area contributed by atoms with Crippen LogP contribution in [0.1, 0.15) is 0 Å². The third-order valence-electron chi connectivity index (χ3n) is 5.50. The van der Waals surface area contributed by atoms with Crippen molar-refractivity contribution in [2.24, 2.45) is 0 Å². The first kappa shape index (κ1) is 16.8. The molecular weight excluding hydrogens is 366 g/mol. The van der Waals surface area contributed by atoms with Crippen molar-refractivity contribution in [1.82, 2.24) is 15.0 Å². The molecule has 3 heteroatoms. The second kappa shape index (κ2) is 6.75. The van der Waals surface area contributed by atoms with E-state index in [2.05, 4.69) is 48.5 Å². The molecule has 30 heavy (non-hydrogen) atoms. The van der Waals surface area contributed by atoms with E-state index in [4.69, 9.17) is 15.0 Å². The SMILES string of the molecule is c1ccc2nc(-c3cc4ccccc4c(-c4nccc5ccccc45)n3)ccc2c1. The third kappa shape index (κ3) is 2.72. The van der Waals surface area contributed by atoms with E-state index in [0.717, 1.165) is 55.2 Å². The van der Waals surface area contributed by atoms with Crippen molar-refractivity contribution in [1.29, 1.82) is 0 Å². The molecule has 0 aliphatic heterocycles. The van der Waals surface area contributed by atoms with Crippen LogP contribution in [0.4, 0.5) is 0 Å². The van der Waals surface area contributed by atoms with Gasteiger partial charge in [0.2, 0.25) is 0 Å². The quantitative estimate of drug-likeness (QED) is 0.335. The maximum Gasteiger partial charge on any atom is 0.0979 e. The lowest BCUT2D eigenvalue weighted by Gasteiger charge is -2.11. The Hall–Kier alpha value is -4.11. The fraction of sp³-hybridized carbons (Fsp3) is 0. The number of para-hydroxylation sites is 1. The van der Waals surface area contributed by atoms with Crippen LogP contribution in [0.25, 0.3) is 55.2 Å². The number of benzene rings is 3. The van der Waals surface area contributed by atoms with E-state index in [0.29, 0.717) is 0 Å². The zero-order valence-electron chi connectivity index (χ0n) is 16.2. The Balaban J connectivity index is 1.66. The van der Waals surface area contributed by atoms with E-state index < -0.39 is 0 Å². The van der Waals surface area contributed by atoms with Gasteiger partial charge in [-0.25, -0.2) is 9.97 Å². The van der Waals surface area contributed by atoms with Crippen LogP contribution in [0, 0.1) is 0 Å². The predicted molar refractivity (Wildman–Crippen MR) is 123 cm³/mol. The highest BCUT2D eigenvalue weighted by molar-refractivity contribution is 6.03. The van der Waals surface area contributed by atoms with Crippen LogP contribution in [0.5, 0.6) is 0 Å². The van der Waals surface area contributed by atoms with Gasteiger partial charge < -0.3 is 0 Å². The summed E-state index contributed by atoms with van der Waals surface area (Å²) < 4.78 is 0. The van der Waals surface area contributed by atoms with Gasteiger partial charge in [0.15, 0.2) is 0 Å². The summed E-state index contributed by atoms with van der Waals surface area (Å²) in [5.41, 5.74) is 4.46. The maximum atomic E-state index is 5.07. The molecule has 0 unspecified atom stereocenters. The predicted octanol–water partition coefficient (Wildman–Crippen LogP) is 6.67. The summed E-state index contributed by atoms with van der Waals surface area (Å²) in [7, 11) is 0. The molecule has 6 rings (SSSR count). The molecule has 0 fully saturated rings. The van der Waals surface area contributed by atoms with Gasteiger partial charge in [0.05, 0.1) is 28.3 Å². The standard InChI is InChI=1S/C27H17N3/c1-4-10-21-18(7-1)15-16-28-26(21)27-22-11-5-2-9-20(22)17-25(30-27)24-14-13-19-8-3-6-12-23(19)29-24/h1-17H. The molecule has 0 spiro atoms. The lowest BCUT2D eigenvalue weighted by atomic mass is 10.0. The maximum absolute atomic E-state index is 5.07. The molecule has 6 aromatic rings. The average Bonchev–Trinajstić information content (AvgIpc) is 2.82. The Kier molecular flexibility index (Phi) is 3.78. The van der Waals surface area contributed by atoms with Crippen molar-refractivity contribution in [3.05, 3.63) is 103 Å². The number of pyridine rings is 3. The largest absolute Gasteiger partial charge is 0.254 e. The summed E-state index contributed by atoms with van der Waals surface area (Å²) in [6.07, 6.45) is 1.86. The molecule has 0 saturated heterocycles. The number of rotatable bonds is 2. The Morgan fingerprint density at radius 1 is 0.467 bits per heavy atom. The first-order valence-electron chi connectivity index (χ1n) is 9.97. The third-order valence-corrected chi connectivity index (χ3v) is 5.50. The molecule has 0 aliphatic rings. The Morgan fingerprint density at radius 2 is 1.17 bits per heavy atom. The number of hydrogen-bond acceptors (Lipinski definition) is 3. The second-order valence-electron chi connectivity index (χ2n) is 7.35. The van der Waals surface area contributed by atoms with E-state index in [9.17, 15) is 0 Å². The average molecular weight is 383 g/mol. The first-order valence-corrected chi connectivity index (χ1v) is 9.97. The summed E-state index contributed by atoms with van der Waals surface area (Å²) in [5, 5.41) is 5.59. The van der Waals surface area contributed by atoms with Gasteiger partial charge in [0, 0.05) is 22.4 Å². The first-order chi connectivity index (χ1) is 14.9. The summed E-state index contributed by atoms with van der Waals surface area (Å²) in [5.74, 6) is 0. The fourth-order valence-corrected chi connectivity index (χ4v) is 4.03. The van der Waals surface area contributed by atoms with E-state index >= 15 is 0 Å². The van der Waals surface area contributed by atoms with Crippen LogP contribution < -0.4 is 0 Å². The smallest absolute Gasteiger partial charge is 0.0979 e. The Labute approximate surface area is 173 Å². The molecule has 3 aromatic carbocycles. The minimum absolute atomic E-state index is 0.851. The Morgan fingerprint density at radius 3 is 2.03 bits per heavy atom. The molecule has 140 valence electrons. The van der Waals surface area contributed by atoms with Crippen molar-refractivity contribution in [2.45, 2.75) is 0 Å². The highest BCUT2D eigenvalue weighted by atomic mass is 14.8. The second-order valence-corrected chi connectivity index (χ2v) is 7.35. The summed E-state index contributed by atoms with van der Waals surface area (Å²) in [6.45, 7) is 0. The minimum atomic E-state index is 0.851. The van der Waals surface area contributed by atoms with E-state index in [1.54, 1.807) is 0 Å². The minimum Gasteiger partial charge on any atom is -0.254 e. The number of hydrogen-bond donors (Lipinski definition) is 0. The Bertz CT molecular complexity index is 1550. The van der Waals surface area contributed by atoms with Gasteiger partial charge in [-0.2, -0.15) is 0 Å². The zero-order valence-corrected chi connectivity index (χ0v) is 16.2. The van der Waals surface area contributed by atoms with E-state index in [-0.39, 0.29) is 0 Å². The van der Waals surface area contributed by atoms with Gasteiger partial charge in [-0.05, 0) is 35.0 Å². The lowest BCUT2D eigenvalue weighted by Crippen LogP contribution is -1.95. The van der Waals surface area contributed by atoms with Crippen molar-refractivity contribution < 1.29 is 0 Å². The van der Waals surface area contributed by atoms with Gasteiger partial charge >= 0.3 is 0 Å². The molecule has 0 bridgehead atoms. The molecule has 3 aromatic heterocycles. The highest BCUT2D eigenvalue weighted by Gasteiger charge is 2.14. The number of fused-ring (bicyclic) bond motifs is 3. The molecule has 3 nitrogen and oxygen atoms in total. The van der Waals surface area contributed by atoms with Crippen molar-refractivity contribution >= 4 is 32.4 Å². The summed E-state index contributed by atoms with van der Waals surface area (Å²) >= 11 is 0. The molecule has 0 radical (unpaired) electrons. The molecule has 0 amide bonds. The van der Waals surface area contributed by atoms with Crippen LogP contribution in [0.15, 0.2) is 103 Å². The van der Waals surface area contributed by atoms with Crippen LogP contribution in [0.3, 0.4) is 0 Å². The van der Waals surface area contributed by atoms with Crippen LogP contribution in [0.2, 0.25) is 0 Å². The lowest BCUT2D eigenvalue weighted by molar-refractivity contribution is 1.26. The topological polar surface area (TPSA) is 38.7 Å². The molecular formula is C27H17N3. The van der Waals surface area contributed by atoms with Crippen LogP contribution in [-0.2, 0) is 0 Å². The van der Waals surface area contributed by atoms with Crippen LogP contribution >= 0.6 is 0 Å². The van der Waals surface area contributed by atoms with Crippen molar-refractivity contribution in [3.63, 3.8) is 0 Å². The van der Waals surface area contributed by atoms with Crippen molar-refractivity contribution in [2.75, 3.05) is 0 Å². The molecule has 3 heterocycles. The summed E-state index contributed by atoms with van der Waals surface area (Å²) in [4.78, 5) is 14.7. The fourth-order valence-electron chi connectivity index (χ4n) is 4.03. The van der Waals surface area contributed by atoms with E-state index in [1.807, 2.05) is 54.7 Å². The van der Waals surface area contributed by atoms with Gasteiger partial charge in [0.25, 0.3) is 0 Å². The summed E-state index contributed by atoms with van der Waals surface area (Å²) in [6, 6.07) is 33.1. The van der Waals surface area contributed by atoms with Gasteiger partial charge in [-0.3, -0.25) is 4.98 Å². The molecule has 0 saturated carbocycles. The molecule has 0 N–H and O–H groups in total. The molecule has 0 atom stereocenters. The normalized spacial score (nSPS) is 11.3. The number of nitrogens with zero attached hydrogens (tertiary/aromatic N) is 3.